The molecular weight excluding hydrogens is 381 g/mol. The molecule has 8 heteroatoms. The van der Waals surface area contributed by atoms with Crippen molar-refractivity contribution in [1.29, 1.82) is 0 Å². The minimum atomic E-state index is -4.63. The van der Waals surface area contributed by atoms with Crippen LogP contribution in [0, 0.1) is 6.92 Å². The van der Waals surface area contributed by atoms with E-state index in [-0.39, 0.29) is 22.9 Å². The van der Waals surface area contributed by atoms with Crippen LogP contribution in [0.1, 0.15) is 47.4 Å². The molecule has 3 aromatic rings. The van der Waals surface area contributed by atoms with Crippen LogP contribution in [0.3, 0.4) is 0 Å². The quantitative estimate of drug-likeness (QED) is 0.622. The molecule has 1 aliphatic rings. The smallest absolute Gasteiger partial charge is 0.337 e. The second-order valence-electron chi connectivity index (χ2n) is 7.40. The van der Waals surface area contributed by atoms with Crippen molar-refractivity contribution in [3.63, 3.8) is 0 Å². The zero-order valence-corrected chi connectivity index (χ0v) is 16.0. The Kier molecular flexibility index (Phi) is 5.02. The summed E-state index contributed by atoms with van der Waals surface area (Å²) in [7, 11) is 0. The van der Waals surface area contributed by atoms with Crippen molar-refractivity contribution in [3.8, 4) is 11.3 Å². The maximum absolute atomic E-state index is 13.7. The maximum atomic E-state index is 13.7. The Balaban J connectivity index is 1.80. The Morgan fingerprint density at radius 2 is 1.66 bits per heavy atom. The van der Waals surface area contributed by atoms with Crippen molar-refractivity contribution in [1.82, 2.24) is 19.5 Å². The molecule has 0 saturated carbocycles. The number of alkyl halides is 3. The van der Waals surface area contributed by atoms with E-state index in [1.165, 1.54) is 6.07 Å². The normalized spacial score (nSPS) is 15.5. The number of aryl methyl sites for hydroxylation is 1. The molecule has 0 unspecified atom stereocenters. The van der Waals surface area contributed by atoms with Crippen LogP contribution in [0.4, 0.5) is 13.2 Å². The van der Waals surface area contributed by atoms with Crippen LogP contribution < -0.4 is 0 Å². The number of hydrogen-bond acceptors (Lipinski definition) is 3. The number of likely N-dealkylation sites (tertiary alicyclic amines) is 1. The summed E-state index contributed by atoms with van der Waals surface area (Å²) < 4.78 is 41.9. The van der Waals surface area contributed by atoms with E-state index in [0.29, 0.717) is 18.7 Å². The average molecular weight is 402 g/mol. The number of rotatable bonds is 2. The van der Waals surface area contributed by atoms with Crippen LogP contribution in [-0.2, 0) is 6.18 Å². The summed E-state index contributed by atoms with van der Waals surface area (Å²) >= 11 is 0. The Morgan fingerprint density at radius 1 is 1.00 bits per heavy atom. The van der Waals surface area contributed by atoms with E-state index in [1.54, 1.807) is 17.0 Å². The van der Waals surface area contributed by atoms with Crippen LogP contribution in [-0.4, -0.2) is 38.5 Å². The highest BCUT2D eigenvalue weighted by atomic mass is 19.4. The van der Waals surface area contributed by atoms with Crippen LogP contribution in [0.25, 0.3) is 16.9 Å². The maximum Gasteiger partial charge on any atom is 0.433 e. The molecule has 1 amide bonds. The summed E-state index contributed by atoms with van der Waals surface area (Å²) in [6, 6.07) is 9.42. The highest BCUT2D eigenvalue weighted by Gasteiger charge is 2.36. The molecule has 0 radical (unpaired) electrons. The molecule has 0 bridgehead atoms. The minimum Gasteiger partial charge on any atom is -0.337 e. The lowest BCUT2D eigenvalue weighted by atomic mass is 10.1. The lowest BCUT2D eigenvalue weighted by Crippen LogP contribution is -2.32. The zero-order chi connectivity index (χ0) is 20.6. The van der Waals surface area contributed by atoms with Crippen molar-refractivity contribution >= 4 is 11.6 Å². The van der Waals surface area contributed by atoms with Crippen molar-refractivity contribution in [3.05, 3.63) is 53.3 Å². The van der Waals surface area contributed by atoms with Gasteiger partial charge >= 0.3 is 6.18 Å². The molecule has 152 valence electrons. The number of nitrogens with zero attached hydrogens (tertiary/aromatic N) is 4. The van der Waals surface area contributed by atoms with Gasteiger partial charge in [0.05, 0.1) is 5.69 Å². The molecule has 0 atom stereocenters. The van der Waals surface area contributed by atoms with Gasteiger partial charge in [-0.1, -0.05) is 42.7 Å². The third-order valence-electron chi connectivity index (χ3n) is 5.18. The fraction of sp³-hybridized carbons (Fsp3) is 0.381. The van der Waals surface area contributed by atoms with Gasteiger partial charge in [0.2, 0.25) is 0 Å². The molecule has 4 rings (SSSR count). The van der Waals surface area contributed by atoms with Crippen molar-refractivity contribution < 1.29 is 18.0 Å². The first-order valence-electron chi connectivity index (χ1n) is 9.67. The molecule has 29 heavy (non-hydrogen) atoms. The van der Waals surface area contributed by atoms with Gasteiger partial charge in [-0.05, 0) is 25.8 Å². The van der Waals surface area contributed by atoms with Crippen LogP contribution in [0.5, 0.6) is 0 Å². The molecule has 2 aromatic heterocycles. The second kappa shape index (κ2) is 7.50. The highest BCUT2D eigenvalue weighted by molar-refractivity contribution is 5.93. The van der Waals surface area contributed by atoms with Gasteiger partial charge in [-0.15, -0.1) is 0 Å². The summed E-state index contributed by atoms with van der Waals surface area (Å²) in [6.07, 6.45) is -0.746. The number of aromatic nitrogens is 3. The predicted molar refractivity (Wildman–Crippen MR) is 103 cm³/mol. The lowest BCUT2D eigenvalue weighted by molar-refractivity contribution is -0.142. The topological polar surface area (TPSA) is 50.5 Å². The Bertz CT molecular complexity index is 1030. The van der Waals surface area contributed by atoms with E-state index in [2.05, 4.69) is 10.1 Å². The number of carbonyl (C=O) groups is 1. The Labute approximate surface area is 166 Å². The van der Waals surface area contributed by atoms with E-state index in [1.807, 2.05) is 19.1 Å². The van der Waals surface area contributed by atoms with Crippen LogP contribution in [0.15, 0.2) is 36.4 Å². The number of hydrogen-bond donors (Lipinski definition) is 0. The molecule has 1 saturated heterocycles. The molecule has 0 N–H and O–H groups in total. The lowest BCUT2D eigenvalue weighted by Gasteiger charge is -2.18. The monoisotopic (exact) mass is 402 g/mol. The van der Waals surface area contributed by atoms with Gasteiger partial charge in [0.25, 0.3) is 5.91 Å². The Morgan fingerprint density at radius 3 is 2.28 bits per heavy atom. The third-order valence-corrected chi connectivity index (χ3v) is 5.18. The molecule has 5 nitrogen and oxygen atoms in total. The number of fused-ring (bicyclic) bond motifs is 1. The summed E-state index contributed by atoms with van der Waals surface area (Å²) in [5.41, 5.74) is 0.816. The van der Waals surface area contributed by atoms with E-state index < -0.39 is 11.9 Å². The van der Waals surface area contributed by atoms with E-state index in [4.69, 9.17) is 0 Å². The van der Waals surface area contributed by atoms with E-state index >= 15 is 0 Å². The molecule has 1 fully saturated rings. The number of benzene rings is 1. The second-order valence-corrected chi connectivity index (χ2v) is 7.40. The molecule has 1 aliphatic heterocycles. The van der Waals surface area contributed by atoms with Gasteiger partial charge in [0.1, 0.15) is 0 Å². The Hall–Kier alpha value is -2.90. The first-order valence-corrected chi connectivity index (χ1v) is 9.67. The van der Waals surface area contributed by atoms with Gasteiger partial charge in [-0.2, -0.15) is 18.3 Å². The predicted octanol–water partition coefficient (Wildman–Crippen LogP) is 4.74. The first kappa shape index (κ1) is 19.4. The summed E-state index contributed by atoms with van der Waals surface area (Å²) in [6.45, 7) is 3.10. The van der Waals surface area contributed by atoms with Gasteiger partial charge < -0.3 is 4.90 Å². The number of halogens is 3. The molecule has 1 aromatic carbocycles. The van der Waals surface area contributed by atoms with Gasteiger partial charge in [-0.25, -0.2) is 9.50 Å². The van der Waals surface area contributed by atoms with Gasteiger partial charge in [-0.3, -0.25) is 4.79 Å². The van der Waals surface area contributed by atoms with Crippen LogP contribution >= 0.6 is 0 Å². The van der Waals surface area contributed by atoms with E-state index in [0.717, 1.165) is 41.8 Å². The fourth-order valence-electron chi connectivity index (χ4n) is 3.59. The van der Waals surface area contributed by atoms with Gasteiger partial charge in [0, 0.05) is 24.7 Å². The van der Waals surface area contributed by atoms with Crippen LogP contribution in [0.2, 0.25) is 0 Å². The SMILES string of the molecule is Cc1ccc(-c2cc(C(F)(F)F)n3nc(C(=O)N4CCCCCC4)cc3n2)cc1. The average Bonchev–Trinajstić information content (AvgIpc) is 2.92. The summed E-state index contributed by atoms with van der Waals surface area (Å²) in [4.78, 5) is 18.8. The number of carbonyl (C=O) groups excluding carboxylic acids is 1. The number of amides is 1. The largest absolute Gasteiger partial charge is 0.433 e. The highest BCUT2D eigenvalue weighted by Crippen LogP contribution is 2.32. The molecular formula is C21H21F3N4O. The molecule has 0 aliphatic carbocycles. The van der Waals surface area contributed by atoms with Crippen molar-refractivity contribution in [2.24, 2.45) is 0 Å². The van der Waals surface area contributed by atoms with Crippen molar-refractivity contribution in [2.45, 2.75) is 38.8 Å². The first-order chi connectivity index (χ1) is 13.8. The van der Waals surface area contributed by atoms with Gasteiger partial charge in [0.15, 0.2) is 17.0 Å². The summed E-state index contributed by atoms with van der Waals surface area (Å²) in [5.74, 6) is -0.345. The van der Waals surface area contributed by atoms with E-state index in [9.17, 15) is 18.0 Å². The fourth-order valence-corrected chi connectivity index (χ4v) is 3.59. The molecule has 3 heterocycles. The van der Waals surface area contributed by atoms with Crippen molar-refractivity contribution in [2.75, 3.05) is 13.1 Å². The molecule has 0 spiro atoms. The standard InChI is InChI=1S/C21H21F3N4O/c1-14-6-8-15(9-7-14)16-12-18(21(22,23)24)28-19(25-16)13-17(26-28)20(29)27-10-4-2-3-5-11-27/h6-9,12-13H,2-5,10-11H2,1H3. The minimum absolute atomic E-state index is 0.00794. The third kappa shape index (κ3) is 3.97. The summed E-state index contributed by atoms with van der Waals surface area (Å²) in [5, 5.41) is 3.98. The zero-order valence-electron chi connectivity index (χ0n) is 16.0.